The zero-order chi connectivity index (χ0) is 24.1. The van der Waals surface area contributed by atoms with Gasteiger partial charge in [0.05, 0.1) is 4.90 Å². The number of rotatable bonds is 7. The Hall–Kier alpha value is -1.43. The minimum Gasteiger partial charge on any atom is -0.282 e. The molecule has 0 aliphatic heterocycles. The molecule has 1 rings (SSSR count). The predicted octanol–water partition coefficient (Wildman–Crippen LogP) is 5.44. The van der Waals surface area contributed by atoms with Crippen LogP contribution in [0.25, 0.3) is 0 Å². The van der Waals surface area contributed by atoms with Gasteiger partial charge in [0, 0.05) is 12.2 Å². The third-order valence-electron chi connectivity index (χ3n) is 3.31. The van der Waals surface area contributed by atoms with E-state index < -0.39 is 91.1 Å². The Balaban J connectivity index is 3.21. The van der Waals surface area contributed by atoms with Crippen LogP contribution in [0.3, 0.4) is 0 Å². The summed E-state index contributed by atoms with van der Waals surface area (Å²) in [5.41, 5.74) is 0. The van der Waals surface area contributed by atoms with E-state index >= 15 is 0 Å². The number of thioether (sulfide) groups is 1. The van der Waals surface area contributed by atoms with Crippen LogP contribution < -0.4 is 0 Å². The first kappa shape index (κ1) is 26.6. The zero-order valence-electron chi connectivity index (χ0n) is 13.4. The molecular weight excluding hydrogens is 503 g/mol. The molecule has 30 heavy (non-hydrogen) atoms. The van der Waals surface area contributed by atoms with Gasteiger partial charge in [-0.05, 0) is 0 Å². The van der Waals surface area contributed by atoms with Gasteiger partial charge in [-0.3, -0.25) is 4.55 Å². The van der Waals surface area contributed by atoms with E-state index in [1.165, 1.54) is 0 Å². The normalized spacial score (nSPS) is 14.3. The first-order valence-corrected chi connectivity index (χ1v) is 9.20. The van der Waals surface area contributed by atoms with Crippen LogP contribution in [-0.4, -0.2) is 42.7 Å². The van der Waals surface area contributed by atoms with Crippen molar-refractivity contribution in [3.8, 4) is 0 Å². The second-order valence-electron chi connectivity index (χ2n) is 5.34. The second kappa shape index (κ2) is 7.92. The molecule has 1 N–H and O–H groups in total. The van der Waals surface area contributed by atoms with E-state index in [4.69, 9.17) is 4.55 Å². The van der Waals surface area contributed by atoms with E-state index in [1.54, 1.807) is 0 Å². The highest BCUT2D eigenvalue weighted by Gasteiger charge is 2.81. The average molecular weight is 508 g/mol. The van der Waals surface area contributed by atoms with Gasteiger partial charge < -0.3 is 0 Å². The Kier molecular flexibility index (Phi) is 7.02. The number of hydrogen-bond donors (Lipinski definition) is 1. The van der Waals surface area contributed by atoms with Gasteiger partial charge in [-0.25, -0.2) is 17.6 Å². The van der Waals surface area contributed by atoms with Crippen LogP contribution in [0.15, 0.2) is 9.79 Å². The summed E-state index contributed by atoms with van der Waals surface area (Å²) >= 11 is -0.764. The lowest BCUT2D eigenvalue weighted by atomic mass is 10.0. The fourth-order valence-electron chi connectivity index (χ4n) is 1.79. The molecule has 0 fully saturated rings. The van der Waals surface area contributed by atoms with Crippen LogP contribution in [0.2, 0.25) is 0 Å². The zero-order valence-corrected chi connectivity index (χ0v) is 15.0. The molecule has 0 aliphatic carbocycles. The van der Waals surface area contributed by atoms with Gasteiger partial charge in [-0.2, -0.15) is 47.9 Å². The van der Waals surface area contributed by atoms with Crippen molar-refractivity contribution in [3.05, 3.63) is 23.3 Å². The molecule has 0 unspecified atom stereocenters. The first-order valence-electron chi connectivity index (χ1n) is 6.77. The first-order chi connectivity index (χ1) is 13.1. The van der Waals surface area contributed by atoms with E-state index in [-0.39, 0.29) is 0 Å². The van der Waals surface area contributed by atoms with Crippen molar-refractivity contribution < 1.29 is 70.0 Å². The van der Waals surface area contributed by atoms with Crippen LogP contribution in [0.5, 0.6) is 0 Å². The van der Waals surface area contributed by atoms with Crippen molar-refractivity contribution in [1.29, 1.82) is 0 Å². The van der Waals surface area contributed by atoms with E-state index in [2.05, 4.69) is 0 Å². The number of benzene rings is 1. The highest BCUT2D eigenvalue weighted by molar-refractivity contribution is 7.99. The summed E-state index contributed by atoms with van der Waals surface area (Å²) in [6, 6.07) is 0. The lowest BCUT2D eigenvalue weighted by Crippen LogP contribution is -2.60. The smallest absolute Gasteiger partial charge is 0.282 e. The third-order valence-corrected chi connectivity index (χ3v) is 5.24. The standard InChI is InChI=1S/C12H5F13O3S2/c13-3-5(15)8(30(26,27)28)6(16)4(14)7(3)29-2-1-9(17,18)10(19,20)11(21,22)12(23,24)25/h1-2H2,(H,26,27,28). The molecule has 0 bridgehead atoms. The second-order valence-corrected chi connectivity index (χ2v) is 7.80. The quantitative estimate of drug-likeness (QED) is 0.231. The van der Waals surface area contributed by atoms with E-state index in [0.717, 1.165) is 0 Å². The summed E-state index contributed by atoms with van der Waals surface area (Å²) in [5.74, 6) is -32.8. The lowest BCUT2D eigenvalue weighted by molar-refractivity contribution is -0.396. The van der Waals surface area contributed by atoms with E-state index in [9.17, 15) is 65.5 Å². The molecule has 3 nitrogen and oxygen atoms in total. The van der Waals surface area contributed by atoms with Crippen LogP contribution in [0.1, 0.15) is 6.42 Å². The van der Waals surface area contributed by atoms with Crippen molar-refractivity contribution in [3.63, 3.8) is 0 Å². The van der Waals surface area contributed by atoms with Crippen LogP contribution in [-0.2, 0) is 10.1 Å². The fraction of sp³-hybridized carbons (Fsp3) is 0.500. The third kappa shape index (κ3) is 4.44. The summed E-state index contributed by atoms with van der Waals surface area (Å²) in [7, 11) is -5.87. The summed E-state index contributed by atoms with van der Waals surface area (Å²) in [5, 5.41) is 0. The molecule has 0 heterocycles. The van der Waals surface area contributed by atoms with Gasteiger partial charge in [-0.1, -0.05) is 0 Å². The Morgan fingerprint density at radius 1 is 0.733 bits per heavy atom. The van der Waals surface area contributed by atoms with E-state index in [1.807, 2.05) is 0 Å². The Labute approximate surface area is 162 Å². The maximum absolute atomic E-state index is 13.7. The minimum atomic E-state index is -7.21. The van der Waals surface area contributed by atoms with Crippen LogP contribution in [0, 0.1) is 23.3 Å². The SMILES string of the molecule is O=S(=O)(O)c1c(F)c(F)c(SCCC(F)(F)C(F)(F)C(F)(F)C(F)(F)F)c(F)c1F. The van der Waals surface area contributed by atoms with Gasteiger partial charge in [0.2, 0.25) is 0 Å². The topological polar surface area (TPSA) is 54.4 Å². The molecule has 0 atom stereocenters. The summed E-state index contributed by atoms with van der Waals surface area (Å²) in [4.78, 5) is -4.44. The maximum Gasteiger partial charge on any atom is 0.460 e. The Bertz CT molecular complexity index is 895. The molecule has 0 radical (unpaired) electrons. The van der Waals surface area contributed by atoms with Crippen LogP contribution >= 0.6 is 11.8 Å². The number of hydrogen-bond acceptors (Lipinski definition) is 3. The maximum atomic E-state index is 13.7. The van der Waals surface area contributed by atoms with Gasteiger partial charge in [0.25, 0.3) is 0 Å². The molecule has 0 aromatic heterocycles. The van der Waals surface area contributed by atoms with E-state index in [0.29, 0.717) is 0 Å². The number of alkyl halides is 9. The average Bonchev–Trinajstić information content (AvgIpc) is 2.53. The monoisotopic (exact) mass is 508 g/mol. The van der Waals surface area contributed by atoms with Crippen molar-refractivity contribution in [1.82, 2.24) is 0 Å². The van der Waals surface area contributed by atoms with Crippen molar-refractivity contribution in [2.75, 3.05) is 5.75 Å². The molecule has 0 spiro atoms. The molecule has 1 aromatic carbocycles. The van der Waals surface area contributed by atoms with Crippen molar-refractivity contribution >= 4 is 21.9 Å². The van der Waals surface area contributed by atoms with Crippen molar-refractivity contribution in [2.24, 2.45) is 0 Å². The van der Waals surface area contributed by atoms with Crippen molar-refractivity contribution in [2.45, 2.75) is 40.2 Å². The molecular formula is C12H5F13O3S2. The summed E-state index contributed by atoms with van der Waals surface area (Å²) in [6.07, 6.45) is -9.68. The number of halogens is 13. The lowest BCUT2D eigenvalue weighted by Gasteiger charge is -2.33. The van der Waals surface area contributed by atoms with Gasteiger partial charge >= 0.3 is 34.1 Å². The highest BCUT2D eigenvalue weighted by Crippen LogP contribution is 2.54. The predicted molar refractivity (Wildman–Crippen MR) is 72.3 cm³/mol. The molecule has 18 heteroatoms. The molecule has 1 aromatic rings. The van der Waals surface area contributed by atoms with Gasteiger partial charge in [-0.15, -0.1) is 11.8 Å². The molecule has 0 amide bonds. The molecule has 0 saturated carbocycles. The molecule has 174 valence electrons. The molecule has 0 aliphatic rings. The Morgan fingerprint density at radius 3 is 1.47 bits per heavy atom. The van der Waals surface area contributed by atoms with Crippen LogP contribution in [0.4, 0.5) is 57.1 Å². The largest absolute Gasteiger partial charge is 0.460 e. The molecule has 0 saturated heterocycles. The van der Waals surface area contributed by atoms with Gasteiger partial charge in [0.1, 0.15) is 0 Å². The Morgan fingerprint density at radius 2 is 1.13 bits per heavy atom. The minimum absolute atomic E-state index is 0.764. The van der Waals surface area contributed by atoms with Gasteiger partial charge in [0.15, 0.2) is 28.2 Å². The highest BCUT2D eigenvalue weighted by atomic mass is 32.2. The summed E-state index contributed by atoms with van der Waals surface area (Å²) in [6.45, 7) is 0. The fourth-order valence-corrected chi connectivity index (χ4v) is 3.42. The summed E-state index contributed by atoms with van der Waals surface area (Å²) < 4.78 is 198.